The molecule has 4 aromatic rings. The number of thiophene rings is 2. The van der Waals surface area contributed by atoms with Crippen LogP contribution in [-0.2, 0) is 25.7 Å². The first-order valence-electron chi connectivity index (χ1n) is 11.4. The van der Waals surface area contributed by atoms with Crippen LogP contribution < -0.4 is 0 Å². The van der Waals surface area contributed by atoms with Gasteiger partial charge in [0.05, 0.1) is 9.21 Å². The van der Waals surface area contributed by atoms with Gasteiger partial charge in [0.15, 0.2) is 0 Å². The Morgan fingerprint density at radius 3 is 1.94 bits per heavy atom. The van der Waals surface area contributed by atoms with Crippen LogP contribution in [0.5, 0.6) is 0 Å². The zero-order valence-electron chi connectivity index (χ0n) is 17.5. The Hall–Kier alpha value is -1.87. The quantitative estimate of drug-likeness (QED) is 0.285. The molecule has 3 heteroatoms. The SMILES string of the molecule is Clc1cc(-c2ccc3c(c2)CCCC3)c(-c2cc(-c3ccc4c(c3)CCCC4)cs2)s1. The molecule has 2 aromatic heterocycles. The lowest BCUT2D eigenvalue weighted by Crippen LogP contribution is -2.02. The summed E-state index contributed by atoms with van der Waals surface area (Å²) in [6.07, 6.45) is 10.2. The van der Waals surface area contributed by atoms with Crippen LogP contribution in [0.25, 0.3) is 32.0 Å². The van der Waals surface area contributed by atoms with Gasteiger partial charge in [0.2, 0.25) is 0 Å². The zero-order chi connectivity index (χ0) is 20.8. The van der Waals surface area contributed by atoms with Crippen LogP contribution in [0.1, 0.15) is 47.9 Å². The standard InChI is InChI=1S/C28H25ClS2/c29-27-16-25(23-12-10-19-6-2-4-8-21(19)14-23)28(31-27)26-15-24(17-30-26)22-11-9-18-5-1-3-7-20(18)13-22/h9-17H,1-8H2. The third-order valence-corrected chi connectivity index (χ3v) is 9.24. The molecule has 0 unspecified atom stereocenters. The molecule has 2 aliphatic rings. The summed E-state index contributed by atoms with van der Waals surface area (Å²) in [4.78, 5) is 2.62. The van der Waals surface area contributed by atoms with Gasteiger partial charge in [0.25, 0.3) is 0 Å². The molecule has 0 saturated carbocycles. The molecule has 0 atom stereocenters. The number of hydrogen-bond acceptors (Lipinski definition) is 2. The first-order valence-corrected chi connectivity index (χ1v) is 13.4. The van der Waals surface area contributed by atoms with E-state index in [9.17, 15) is 0 Å². The molecule has 2 heterocycles. The van der Waals surface area contributed by atoms with Crippen LogP contribution in [0.2, 0.25) is 4.34 Å². The van der Waals surface area contributed by atoms with E-state index >= 15 is 0 Å². The summed E-state index contributed by atoms with van der Waals surface area (Å²) < 4.78 is 0.867. The number of fused-ring (bicyclic) bond motifs is 2. The topological polar surface area (TPSA) is 0 Å². The van der Waals surface area contributed by atoms with Gasteiger partial charge in [-0.25, -0.2) is 0 Å². The highest BCUT2D eigenvalue weighted by atomic mass is 35.5. The van der Waals surface area contributed by atoms with Gasteiger partial charge >= 0.3 is 0 Å². The van der Waals surface area contributed by atoms with Crippen molar-refractivity contribution >= 4 is 34.3 Å². The van der Waals surface area contributed by atoms with Gasteiger partial charge in [0.1, 0.15) is 0 Å². The highest BCUT2D eigenvalue weighted by Gasteiger charge is 2.18. The summed E-state index contributed by atoms with van der Waals surface area (Å²) >= 11 is 10.1. The second-order valence-electron chi connectivity index (χ2n) is 8.87. The maximum Gasteiger partial charge on any atom is 0.0941 e. The number of aryl methyl sites for hydroxylation is 4. The molecule has 0 N–H and O–H groups in total. The number of benzene rings is 2. The summed E-state index contributed by atoms with van der Waals surface area (Å²) in [5.74, 6) is 0. The minimum atomic E-state index is 0.867. The summed E-state index contributed by atoms with van der Waals surface area (Å²) in [5.41, 5.74) is 11.4. The fourth-order valence-electron chi connectivity index (χ4n) is 5.18. The van der Waals surface area contributed by atoms with E-state index in [1.165, 1.54) is 94.5 Å². The van der Waals surface area contributed by atoms with Gasteiger partial charge in [-0.3, -0.25) is 0 Å². The van der Waals surface area contributed by atoms with E-state index in [1.807, 2.05) is 11.3 Å². The van der Waals surface area contributed by atoms with Crippen LogP contribution in [-0.4, -0.2) is 0 Å². The third kappa shape index (κ3) is 3.80. The number of rotatable bonds is 3. The molecule has 0 bridgehead atoms. The highest BCUT2D eigenvalue weighted by Crippen LogP contribution is 2.45. The fraction of sp³-hybridized carbons (Fsp3) is 0.286. The minimum Gasteiger partial charge on any atom is -0.142 e. The van der Waals surface area contributed by atoms with Gasteiger partial charge in [-0.1, -0.05) is 48.0 Å². The number of halogens is 1. The Bertz CT molecular complexity index is 1260. The molecular formula is C28H25ClS2. The third-order valence-electron chi connectivity index (χ3n) is 6.87. The molecule has 0 nitrogen and oxygen atoms in total. The Labute approximate surface area is 197 Å². The van der Waals surface area contributed by atoms with Crippen molar-refractivity contribution in [2.24, 2.45) is 0 Å². The molecule has 0 amide bonds. The molecule has 31 heavy (non-hydrogen) atoms. The lowest BCUT2D eigenvalue weighted by atomic mass is 9.89. The number of hydrogen-bond donors (Lipinski definition) is 0. The molecule has 0 fully saturated rings. The normalized spacial score (nSPS) is 15.5. The van der Waals surface area contributed by atoms with E-state index in [0.29, 0.717) is 0 Å². The van der Waals surface area contributed by atoms with E-state index in [4.69, 9.17) is 11.6 Å². The second-order valence-corrected chi connectivity index (χ2v) is 11.5. The lowest BCUT2D eigenvalue weighted by Gasteiger charge is -2.16. The van der Waals surface area contributed by atoms with Crippen LogP contribution >= 0.6 is 34.3 Å². The first-order chi connectivity index (χ1) is 15.2. The van der Waals surface area contributed by atoms with Crippen molar-refractivity contribution in [3.8, 4) is 32.0 Å². The summed E-state index contributed by atoms with van der Waals surface area (Å²) in [6, 6.07) is 18.6. The maximum atomic E-state index is 6.54. The average molecular weight is 461 g/mol. The average Bonchev–Trinajstić information content (AvgIpc) is 3.45. The van der Waals surface area contributed by atoms with Gasteiger partial charge in [0, 0.05) is 10.4 Å². The predicted molar refractivity (Wildman–Crippen MR) is 137 cm³/mol. The van der Waals surface area contributed by atoms with Crippen LogP contribution in [0.4, 0.5) is 0 Å². The van der Waals surface area contributed by atoms with Gasteiger partial charge in [-0.15, -0.1) is 22.7 Å². The Morgan fingerprint density at radius 1 is 0.613 bits per heavy atom. The summed E-state index contributed by atoms with van der Waals surface area (Å²) in [7, 11) is 0. The second kappa shape index (κ2) is 8.24. The van der Waals surface area contributed by atoms with E-state index in [0.717, 1.165) is 4.34 Å². The molecule has 156 valence electrons. The van der Waals surface area contributed by atoms with Crippen molar-refractivity contribution in [1.82, 2.24) is 0 Å². The maximum absolute atomic E-state index is 6.54. The van der Waals surface area contributed by atoms with Crippen molar-refractivity contribution in [2.45, 2.75) is 51.4 Å². The predicted octanol–water partition coefficient (Wildman–Crippen LogP) is 9.22. The molecule has 0 radical (unpaired) electrons. The zero-order valence-corrected chi connectivity index (χ0v) is 19.9. The summed E-state index contributed by atoms with van der Waals surface area (Å²) in [6.45, 7) is 0. The van der Waals surface area contributed by atoms with E-state index in [-0.39, 0.29) is 0 Å². The molecular weight excluding hydrogens is 436 g/mol. The molecule has 6 rings (SSSR count). The van der Waals surface area contributed by atoms with Crippen LogP contribution in [0.15, 0.2) is 53.9 Å². The van der Waals surface area contributed by atoms with Crippen molar-refractivity contribution in [1.29, 1.82) is 0 Å². The Kier molecular flexibility index (Phi) is 5.26. The van der Waals surface area contributed by atoms with Crippen molar-refractivity contribution in [3.63, 3.8) is 0 Å². The highest BCUT2D eigenvalue weighted by molar-refractivity contribution is 7.24. The fourth-order valence-corrected chi connectivity index (χ4v) is 7.48. The van der Waals surface area contributed by atoms with Crippen molar-refractivity contribution in [2.75, 3.05) is 0 Å². The smallest absolute Gasteiger partial charge is 0.0941 e. The molecule has 0 saturated heterocycles. The molecule has 0 spiro atoms. The molecule has 0 aliphatic heterocycles. The van der Waals surface area contributed by atoms with Crippen molar-refractivity contribution < 1.29 is 0 Å². The minimum absolute atomic E-state index is 0.867. The Morgan fingerprint density at radius 2 is 1.23 bits per heavy atom. The van der Waals surface area contributed by atoms with E-state index in [1.54, 1.807) is 22.5 Å². The van der Waals surface area contributed by atoms with Crippen LogP contribution in [0.3, 0.4) is 0 Å². The van der Waals surface area contributed by atoms with Gasteiger partial charge < -0.3 is 0 Å². The lowest BCUT2D eigenvalue weighted by molar-refractivity contribution is 0.686. The van der Waals surface area contributed by atoms with Crippen LogP contribution in [0, 0.1) is 0 Å². The first kappa shape index (κ1) is 19.8. The molecule has 2 aliphatic carbocycles. The molecule has 2 aromatic carbocycles. The monoisotopic (exact) mass is 460 g/mol. The van der Waals surface area contributed by atoms with Crippen molar-refractivity contribution in [3.05, 3.63) is 80.5 Å². The van der Waals surface area contributed by atoms with E-state index in [2.05, 4.69) is 53.9 Å². The Balaban J connectivity index is 1.37. The van der Waals surface area contributed by atoms with E-state index < -0.39 is 0 Å². The summed E-state index contributed by atoms with van der Waals surface area (Å²) in [5, 5.41) is 2.31. The van der Waals surface area contributed by atoms with Gasteiger partial charge in [-0.2, -0.15) is 0 Å². The largest absolute Gasteiger partial charge is 0.142 e. The van der Waals surface area contributed by atoms with Gasteiger partial charge in [-0.05, 0) is 108 Å².